The minimum absolute atomic E-state index is 0.178. The van der Waals surface area contributed by atoms with Gasteiger partial charge in [-0.05, 0) is 5.92 Å². The molecule has 1 heterocycles. The zero-order valence-corrected chi connectivity index (χ0v) is 10.3. The first-order valence-electron chi connectivity index (χ1n) is 5.62. The van der Waals surface area contributed by atoms with Crippen LogP contribution in [0.5, 0.6) is 0 Å². The standard InChI is InChI=1S/C10H17N5O3/c1-6(2)8(9(16)17)14-10(18)11-4-3-7-12-5-13-15-7/h5-6,8H,3-4H2,1-2H3,(H,16,17)(H2,11,14,18)(H,12,13,15)/t8-/m1/s1. The molecule has 0 aliphatic heterocycles. The number of aromatic nitrogens is 3. The van der Waals surface area contributed by atoms with Gasteiger partial charge in [-0.1, -0.05) is 13.8 Å². The van der Waals surface area contributed by atoms with Crippen molar-refractivity contribution in [1.29, 1.82) is 0 Å². The lowest BCUT2D eigenvalue weighted by Gasteiger charge is -2.18. The van der Waals surface area contributed by atoms with Gasteiger partial charge in [-0.3, -0.25) is 5.10 Å². The summed E-state index contributed by atoms with van der Waals surface area (Å²) in [6.07, 6.45) is 1.89. The number of carbonyl (C=O) groups is 2. The second-order valence-electron chi connectivity index (χ2n) is 4.14. The molecule has 100 valence electrons. The Bertz CT molecular complexity index is 390. The molecule has 1 aromatic heterocycles. The number of carboxylic acid groups (broad SMARTS) is 1. The zero-order chi connectivity index (χ0) is 13.5. The van der Waals surface area contributed by atoms with Crippen molar-refractivity contribution in [3.05, 3.63) is 12.2 Å². The predicted molar refractivity (Wildman–Crippen MR) is 62.9 cm³/mol. The zero-order valence-electron chi connectivity index (χ0n) is 10.3. The average molecular weight is 255 g/mol. The van der Waals surface area contributed by atoms with Crippen LogP contribution in [-0.4, -0.2) is 44.9 Å². The molecule has 0 saturated carbocycles. The van der Waals surface area contributed by atoms with Crippen LogP contribution >= 0.6 is 0 Å². The number of H-pyrrole nitrogens is 1. The molecule has 18 heavy (non-hydrogen) atoms. The maximum absolute atomic E-state index is 11.5. The highest BCUT2D eigenvalue weighted by Crippen LogP contribution is 2.01. The maximum atomic E-state index is 11.5. The Balaban J connectivity index is 2.30. The van der Waals surface area contributed by atoms with E-state index in [1.165, 1.54) is 6.33 Å². The van der Waals surface area contributed by atoms with Crippen LogP contribution in [0.1, 0.15) is 19.7 Å². The van der Waals surface area contributed by atoms with E-state index in [-0.39, 0.29) is 5.92 Å². The molecule has 0 aliphatic rings. The summed E-state index contributed by atoms with van der Waals surface area (Å²) in [5, 5.41) is 20.2. The van der Waals surface area contributed by atoms with Crippen molar-refractivity contribution in [1.82, 2.24) is 25.8 Å². The highest BCUT2D eigenvalue weighted by molar-refractivity contribution is 5.82. The van der Waals surface area contributed by atoms with Crippen molar-refractivity contribution in [3.63, 3.8) is 0 Å². The molecule has 0 aromatic carbocycles. The van der Waals surface area contributed by atoms with Crippen molar-refractivity contribution < 1.29 is 14.7 Å². The molecule has 8 heteroatoms. The lowest BCUT2D eigenvalue weighted by molar-refractivity contribution is -0.140. The van der Waals surface area contributed by atoms with E-state index in [9.17, 15) is 9.59 Å². The van der Waals surface area contributed by atoms with Crippen molar-refractivity contribution in [2.45, 2.75) is 26.3 Å². The highest BCUT2D eigenvalue weighted by Gasteiger charge is 2.22. The number of nitrogens with zero attached hydrogens (tertiary/aromatic N) is 2. The minimum atomic E-state index is -1.05. The van der Waals surface area contributed by atoms with Gasteiger partial charge in [-0.25, -0.2) is 14.6 Å². The Morgan fingerprint density at radius 2 is 2.22 bits per heavy atom. The van der Waals surface area contributed by atoms with Gasteiger partial charge in [-0.15, -0.1) is 0 Å². The molecular weight excluding hydrogens is 238 g/mol. The van der Waals surface area contributed by atoms with Crippen LogP contribution in [0.3, 0.4) is 0 Å². The number of rotatable bonds is 6. The first-order valence-corrected chi connectivity index (χ1v) is 5.62. The topological polar surface area (TPSA) is 120 Å². The summed E-state index contributed by atoms with van der Waals surface area (Å²) in [6, 6.07) is -1.40. The smallest absolute Gasteiger partial charge is 0.326 e. The normalized spacial score (nSPS) is 12.2. The van der Waals surface area contributed by atoms with Crippen LogP contribution in [-0.2, 0) is 11.2 Å². The van der Waals surface area contributed by atoms with Gasteiger partial charge in [0.25, 0.3) is 0 Å². The molecule has 0 fully saturated rings. The molecule has 2 amide bonds. The number of aliphatic carboxylic acids is 1. The molecular formula is C10H17N5O3. The molecule has 0 radical (unpaired) electrons. The molecule has 0 saturated heterocycles. The summed E-state index contributed by atoms with van der Waals surface area (Å²) in [4.78, 5) is 26.2. The Hall–Kier alpha value is -2.12. The fraction of sp³-hybridized carbons (Fsp3) is 0.600. The summed E-state index contributed by atoms with van der Waals surface area (Å²) >= 11 is 0. The molecule has 0 aliphatic carbocycles. The Labute approximate surface area is 104 Å². The summed E-state index contributed by atoms with van der Waals surface area (Å²) in [6.45, 7) is 3.81. The third kappa shape index (κ3) is 4.40. The van der Waals surface area contributed by atoms with E-state index in [2.05, 4.69) is 25.8 Å². The van der Waals surface area contributed by atoms with E-state index in [4.69, 9.17) is 5.11 Å². The van der Waals surface area contributed by atoms with Crippen LogP contribution < -0.4 is 10.6 Å². The molecule has 0 spiro atoms. The number of hydrogen-bond acceptors (Lipinski definition) is 4. The fourth-order valence-electron chi connectivity index (χ4n) is 1.35. The molecule has 1 rings (SSSR count). The van der Waals surface area contributed by atoms with Gasteiger partial charge in [0.1, 0.15) is 18.2 Å². The van der Waals surface area contributed by atoms with Crippen molar-refractivity contribution >= 4 is 12.0 Å². The van der Waals surface area contributed by atoms with Crippen LogP contribution in [0.15, 0.2) is 6.33 Å². The van der Waals surface area contributed by atoms with Crippen LogP contribution in [0.25, 0.3) is 0 Å². The van der Waals surface area contributed by atoms with E-state index >= 15 is 0 Å². The molecule has 1 aromatic rings. The van der Waals surface area contributed by atoms with E-state index < -0.39 is 18.0 Å². The average Bonchev–Trinajstić information content (AvgIpc) is 2.78. The van der Waals surface area contributed by atoms with Gasteiger partial charge in [0.05, 0.1) is 0 Å². The molecule has 0 bridgehead atoms. The van der Waals surface area contributed by atoms with Gasteiger partial charge >= 0.3 is 12.0 Å². The van der Waals surface area contributed by atoms with Crippen LogP contribution in [0.2, 0.25) is 0 Å². The van der Waals surface area contributed by atoms with Crippen molar-refractivity contribution in [2.24, 2.45) is 5.92 Å². The fourth-order valence-corrected chi connectivity index (χ4v) is 1.35. The predicted octanol–water partition coefficient (Wildman–Crippen LogP) is -0.244. The summed E-state index contributed by atoms with van der Waals surface area (Å²) < 4.78 is 0. The summed E-state index contributed by atoms with van der Waals surface area (Å²) in [5.41, 5.74) is 0. The van der Waals surface area contributed by atoms with Crippen LogP contribution in [0.4, 0.5) is 4.79 Å². The lowest BCUT2D eigenvalue weighted by Crippen LogP contribution is -2.48. The maximum Gasteiger partial charge on any atom is 0.326 e. The molecule has 8 nitrogen and oxygen atoms in total. The Morgan fingerprint density at radius 1 is 1.50 bits per heavy atom. The summed E-state index contributed by atoms with van der Waals surface area (Å²) in [5.74, 6) is -0.563. The quantitative estimate of drug-likeness (QED) is 0.559. The van der Waals surface area contributed by atoms with Gasteiger partial charge < -0.3 is 15.7 Å². The molecule has 1 atom stereocenters. The number of carboxylic acids is 1. The SMILES string of the molecule is CC(C)[C@@H](NC(=O)NCCc1ncn[nH]1)C(=O)O. The third-order valence-corrected chi connectivity index (χ3v) is 2.33. The van der Waals surface area contributed by atoms with Crippen molar-refractivity contribution in [3.8, 4) is 0 Å². The van der Waals surface area contributed by atoms with E-state index in [0.29, 0.717) is 18.8 Å². The molecule has 0 unspecified atom stereocenters. The van der Waals surface area contributed by atoms with Crippen LogP contribution in [0, 0.1) is 5.92 Å². The highest BCUT2D eigenvalue weighted by atomic mass is 16.4. The van der Waals surface area contributed by atoms with Gasteiger partial charge in [-0.2, -0.15) is 5.10 Å². The third-order valence-electron chi connectivity index (χ3n) is 2.33. The molecule has 4 N–H and O–H groups in total. The number of carbonyl (C=O) groups excluding carboxylic acids is 1. The monoisotopic (exact) mass is 255 g/mol. The number of aromatic amines is 1. The number of nitrogens with one attached hydrogen (secondary N) is 3. The van der Waals surface area contributed by atoms with Gasteiger partial charge in [0.2, 0.25) is 0 Å². The number of amides is 2. The van der Waals surface area contributed by atoms with Gasteiger partial charge in [0, 0.05) is 13.0 Å². The Kier molecular flexibility index (Phi) is 5.09. The minimum Gasteiger partial charge on any atom is -0.480 e. The first kappa shape index (κ1) is 13.9. The van der Waals surface area contributed by atoms with Gasteiger partial charge in [0.15, 0.2) is 0 Å². The van der Waals surface area contributed by atoms with Crippen molar-refractivity contribution in [2.75, 3.05) is 6.54 Å². The number of hydrogen-bond donors (Lipinski definition) is 4. The van der Waals surface area contributed by atoms with E-state index in [0.717, 1.165) is 0 Å². The first-order chi connectivity index (χ1) is 8.50. The number of urea groups is 1. The Morgan fingerprint density at radius 3 is 2.72 bits per heavy atom. The summed E-state index contributed by atoms with van der Waals surface area (Å²) in [7, 11) is 0. The largest absolute Gasteiger partial charge is 0.480 e. The lowest BCUT2D eigenvalue weighted by atomic mass is 10.1. The second kappa shape index (κ2) is 6.58. The van der Waals surface area contributed by atoms with E-state index in [1.54, 1.807) is 13.8 Å². The van der Waals surface area contributed by atoms with E-state index in [1.807, 2.05) is 0 Å². The second-order valence-corrected chi connectivity index (χ2v) is 4.14.